The van der Waals surface area contributed by atoms with Crippen LogP contribution in [-0.2, 0) is 4.74 Å². The highest BCUT2D eigenvalue weighted by atomic mass is 16.6. The van der Waals surface area contributed by atoms with Crippen molar-refractivity contribution >= 4 is 5.97 Å². The van der Waals surface area contributed by atoms with Gasteiger partial charge in [-0.25, -0.2) is 4.79 Å². The van der Waals surface area contributed by atoms with Crippen LogP contribution in [0, 0.1) is 11.3 Å². The molecular weight excluding hydrogens is 170 g/mol. The summed E-state index contributed by atoms with van der Waals surface area (Å²) >= 11 is 0. The zero-order valence-corrected chi connectivity index (χ0v) is 6.52. The molecule has 0 fully saturated rings. The van der Waals surface area contributed by atoms with Crippen molar-refractivity contribution in [3.05, 3.63) is 34.9 Å². The van der Waals surface area contributed by atoms with Crippen LogP contribution in [0.4, 0.5) is 0 Å². The van der Waals surface area contributed by atoms with E-state index in [1.807, 2.05) is 6.07 Å². The van der Waals surface area contributed by atoms with E-state index in [1.165, 1.54) is 12.1 Å². The molecule has 0 bridgehead atoms. The number of ether oxygens (including phenoxy) is 1. The number of carbonyl (C=O) groups excluding carboxylic acids is 1. The summed E-state index contributed by atoms with van der Waals surface area (Å²) in [6, 6.07) is 6.52. The summed E-state index contributed by atoms with van der Waals surface area (Å²) < 4.78 is 4.54. The third-order valence-electron chi connectivity index (χ3n) is 1.91. The van der Waals surface area contributed by atoms with Crippen LogP contribution in [0.2, 0.25) is 0 Å². The zero-order valence-electron chi connectivity index (χ0n) is 6.52. The van der Waals surface area contributed by atoms with Gasteiger partial charge >= 0.3 is 5.97 Å². The number of hydrogen-bond donors (Lipinski definition) is 1. The molecule has 1 atom stereocenters. The molecule has 2 rings (SSSR count). The van der Waals surface area contributed by atoms with Crippen LogP contribution in [0.15, 0.2) is 18.2 Å². The smallest absolute Gasteiger partial charge is 0.341 e. The number of fused-ring (bicyclic) bond motifs is 1. The van der Waals surface area contributed by atoms with Crippen LogP contribution < -0.4 is 0 Å². The van der Waals surface area contributed by atoms with Crippen LogP contribution >= 0.6 is 0 Å². The van der Waals surface area contributed by atoms with E-state index >= 15 is 0 Å². The molecule has 0 saturated heterocycles. The highest BCUT2D eigenvalue weighted by molar-refractivity contribution is 5.94. The van der Waals surface area contributed by atoms with Gasteiger partial charge in [0, 0.05) is 0 Å². The molecule has 4 nitrogen and oxygen atoms in total. The summed E-state index contributed by atoms with van der Waals surface area (Å²) in [7, 11) is 0. The first-order chi connectivity index (χ1) is 6.24. The van der Waals surface area contributed by atoms with Gasteiger partial charge in [-0.05, 0) is 12.1 Å². The lowest BCUT2D eigenvalue weighted by Gasteiger charge is -2.01. The lowest BCUT2D eigenvalue weighted by atomic mass is 10.0. The molecule has 1 N–H and O–H groups in total. The highest BCUT2D eigenvalue weighted by Crippen LogP contribution is 2.30. The van der Waals surface area contributed by atoms with Gasteiger partial charge in [-0.2, -0.15) is 5.26 Å². The Kier molecular flexibility index (Phi) is 1.54. The summed E-state index contributed by atoms with van der Waals surface area (Å²) in [6.45, 7) is 0. The SMILES string of the molecule is N#Cc1cccc2c1C(O)OC2=O. The number of nitriles is 1. The van der Waals surface area contributed by atoms with Crippen molar-refractivity contribution in [3.8, 4) is 6.07 Å². The van der Waals surface area contributed by atoms with Crippen molar-refractivity contribution in [1.29, 1.82) is 5.26 Å². The molecule has 0 radical (unpaired) electrons. The fourth-order valence-corrected chi connectivity index (χ4v) is 1.33. The maximum Gasteiger partial charge on any atom is 0.341 e. The van der Waals surface area contributed by atoms with E-state index in [4.69, 9.17) is 5.26 Å². The molecule has 1 heterocycles. The van der Waals surface area contributed by atoms with Gasteiger partial charge in [0.1, 0.15) is 0 Å². The van der Waals surface area contributed by atoms with Gasteiger partial charge in [0.05, 0.1) is 22.8 Å². The first kappa shape index (κ1) is 7.77. The van der Waals surface area contributed by atoms with Gasteiger partial charge < -0.3 is 9.84 Å². The zero-order chi connectivity index (χ0) is 9.42. The molecule has 1 unspecified atom stereocenters. The van der Waals surface area contributed by atoms with Crippen LogP contribution in [0.5, 0.6) is 0 Å². The average Bonchev–Trinajstić information content (AvgIpc) is 2.43. The fraction of sp³-hybridized carbons (Fsp3) is 0.111. The lowest BCUT2D eigenvalue weighted by Crippen LogP contribution is -1.96. The lowest BCUT2D eigenvalue weighted by molar-refractivity contribution is -0.0548. The minimum atomic E-state index is -1.29. The highest BCUT2D eigenvalue weighted by Gasteiger charge is 2.31. The Morgan fingerprint density at radius 2 is 2.31 bits per heavy atom. The second-order valence-electron chi connectivity index (χ2n) is 2.64. The van der Waals surface area contributed by atoms with E-state index in [2.05, 4.69) is 4.74 Å². The molecule has 4 heteroatoms. The molecule has 1 aromatic rings. The second-order valence-corrected chi connectivity index (χ2v) is 2.64. The Morgan fingerprint density at radius 1 is 1.54 bits per heavy atom. The first-order valence-corrected chi connectivity index (χ1v) is 3.66. The van der Waals surface area contributed by atoms with Crippen molar-refractivity contribution in [3.63, 3.8) is 0 Å². The number of carbonyl (C=O) groups is 1. The Bertz CT molecular complexity index is 419. The van der Waals surface area contributed by atoms with E-state index in [0.717, 1.165) is 0 Å². The van der Waals surface area contributed by atoms with Gasteiger partial charge in [0.15, 0.2) is 0 Å². The normalized spacial score (nSPS) is 19.1. The number of benzene rings is 1. The Labute approximate surface area is 74.0 Å². The maximum absolute atomic E-state index is 11.1. The van der Waals surface area contributed by atoms with Gasteiger partial charge in [-0.3, -0.25) is 0 Å². The average molecular weight is 175 g/mol. The van der Waals surface area contributed by atoms with Crippen molar-refractivity contribution in [2.75, 3.05) is 0 Å². The molecule has 13 heavy (non-hydrogen) atoms. The molecule has 0 saturated carbocycles. The predicted octanol–water partition coefficient (Wildman–Crippen LogP) is 0.720. The van der Waals surface area contributed by atoms with Gasteiger partial charge in [-0.1, -0.05) is 6.07 Å². The van der Waals surface area contributed by atoms with Crippen LogP contribution in [-0.4, -0.2) is 11.1 Å². The minimum Gasteiger partial charge on any atom is -0.428 e. The van der Waals surface area contributed by atoms with Crippen molar-refractivity contribution in [2.45, 2.75) is 6.29 Å². The molecule has 64 valence electrons. The molecule has 0 spiro atoms. The van der Waals surface area contributed by atoms with Gasteiger partial charge in [-0.15, -0.1) is 0 Å². The van der Waals surface area contributed by atoms with E-state index < -0.39 is 12.3 Å². The second kappa shape index (κ2) is 2.57. The molecule has 1 aliphatic heterocycles. The van der Waals surface area contributed by atoms with Crippen LogP contribution in [0.3, 0.4) is 0 Å². The molecule has 0 aromatic heterocycles. The summed E-state index contributed by atoms with van der Waals surface area (Å²) in [5.74, 6) is -0.584. The first-order valence-electron chi connectivity index (χ1n) is 3.66. The van der Waals surface area contributed by atoms with E-state index in [9.17, 15) is 9.90 Å². The van der Waals surface area contributed by atoms with Crippen molar-refractivity contribution in [2.24, 2.45) is 0 Å². The van der Waals surface area contributed by atoms with Crippen molar-refractivity contribution < 1.29 is 14.6 Å². The molecule has 0 aliphatic carbocycles. The van der Waals surface area contributed by atoms with E-state index in [1.54, 1.807) is 6.07 Å². The number of hydrogen-bond acceptors (Lipinski definition) is 4. The van der Waals surface area contributed by atoms with E-state index in [-0.39, 0.29) is 16.7 Å². The summed E-state index contributed by atoms with van der Waals surface area (Å²) in [5.41, 5.74) is 0.817. The Morgan fingerprint density at radius 3 is 3.00 bits per heavy atom. The number of rotatable bonds is 0. The molecule has 1 aromatic carbocycles. The van der Waals surface area contributed by atoms with Crippen LogP contribution in [0.25, 0.3) is 0 Å². The number of aliphatic hydroxyl groups excluding tert-OH is 1. The molecule has 1 aliphatic rings. The van der Waals surface area contributed by atoms with Crippen LogP contribution in [0.1, 0.15) is 27.8 Å². The predicted molar refractivity (Wildman–Crippen MR) is 41.5 cm³/mol. The maximum atomic E-state index is 11.1. The monoisotopic (exact) mass is 175 g/mol. The minimum absolute atomic E-state index is 0.270. The molecular formula is C9H5NO3. The summed E-state index contributed by atoms with van der Waals surface area (Å²) in [5, 5.41) is 17.9. The van der Waals surface area contributed by atoms with Gasteiger partial charge in [0.2, 0.25) is 6.29 Å². The number of cyclic esters (lactones) is 1. The third-order valence-corrected chi connectivity index (χ3v) is 1.91. The molecule has 0 amide bonds. The topological polar surface area (TPSA) is 70.3 Å². The Balaban J connectivity index is 2.70. The van der Waals surface area contributed by atoms with E-state index in [0.29, 0.717) is 0 Å². The quantitative estimate of drug-likeness (QED) is 0.590. The number of nitrogens with zero attached hydrogens (tertiary/aromatic N) is 1. The van der Waals surface area contributed by atoms with Gasteiger partial charge in [0.25, 0.3) is 0 Å². The largest absolute Gasteiger partial charge is 0.428 e. The summed E-state index contributed by atoms with van der Waals surface area (Å²) in [6.07, 6.45) is -1.29. The Hall–Kier alpha value is -1.86. The fourth-order valence-electron chi connectivity index (χ4n) is 1.33. The number of aliphatic hydroxyl groups is 1. The standard InChI is InChI=1S/C9H5NO3/c10-4-5-2-1-3-6-7(5)9(12)13-8(6)11/h1-3,9,12H. The number of esters is 1. The van der Waals surface area contributed by atoms with Crippen molar-refractivity contribution in [1.82, 2.24) is 0 Å². The summed E-state index contributed by atoms with van der Waals surface area (Å²) in [4.78, 5) is 11.1. The third kappa shape index (κ3) is 0.983.